The van der Waals surface area contributed by atoms with Gasteiger partial charge in [0.15, 0.2) is 0 Å². The van der Waals surface area contributed by atoms with Gasteiger partial charge in [-0.05, 0) is 81.8 Å². The van der Waals surface area contributed by atoms with Crippen LogP contribution in [0.4, 0.5) is 0 Å². The Hall–Kier alpha value is -1.39. The predicted octanol–water partition coefficient (Wildman–Crippen LogP) is 3.68. The first-order valence-corrected chi connectivity index (χ1v) is 11.1. The highest BCUT2D eigenvalue weighted by Crippen LogP contribution is 2.35. The summed E-state index contributed by atoms with van der Waals surface area (Å²) in [4.78, 5) is 15.6. The molecule has 2 heterocycles. The van der Waals surface area contributed by atoms with Crippen molar-refractivity contribution < 1.29 is 4.79 Å². The van der Waals surface area contributed by atoms with Crippen LogP contribution in [0.3, 0.4) is 0 Å². The smallest absolute Gasteiger partial charge is 0.251 e. The maximum atomic E-state index is 12.9. The number of carbonyl (C=O) groups excluding carboxylic acids is 1. The lowest BCUT2D eigenvalue weighted by molar-refractivity contribution is 0.0652. The molecule has 148 valence electrons. The van der Waals surface area contributed by atoms with E-state index >= 15 is 0 Å². The normalized spacial score (nSPS) is 26.0. The van der Waals surface area contributed by atoms with Crippen LogP contribution in [0.1, 0.15) is 79.6 Å². The largest absolute Gasteiger partial charge is 0.350 e. The summed E-state index contributed by atoms with van der Waals surface area (Å²) in [6, 6.07) is 8.33. The molecule has 2 N–H and O–H groups in total. The Morgan fingerprint density at radius 3 is 2.67 bits per heavy atom. The molecule has 1 atom stereocenters. The minimum atomic E-state index is 0.102. The van der Waals surface area contributed by atoms with Gasteiger partial charge < -0.3 is 10.6 Å². The Labute approximate surface area is 164 Å². The number of benzene rings is 1. The number of amides is 1. The fraction of sp³-hybridized carbons (Fsp3) is 0.696. The molecular formula is C23H35N3O. The summed E-state index contributed by atoms with van der Waals surface area (Å²) in [7, 11) is 0. The van der Waals surface area contributed by atoms with E-state index in [2.05, 4.69) is 33.7 Å². The third-order valence-electron chi connectivity index (χ3n) is 7.06. The zero-order valence-electron chi connectivity index (χ0n) is 16.6. The second kappa shape index (κ2) is 8.74. The molecule has 4 heteroatoms. The minimum absolute atomic E-state index is 0.102. The van der Waals surface area contributed by atoms with E-state index in [1.165, 1.54) is 76.4 Å². The number of carbonyl (C=O) groups is 1. The molecule has 4 nitrogen and oxygen atoms in total. The molecule has 1 saturated carbocycles. The van der Waals surface area contributed by atoms with Gasteiger partial charge in [-0.1, -0.05) is 31.4 Å². The van der Waals surface area contributed by atoms with Gasteiger partial charge in [-0.2, -0.15) is 0 Å². The number of hydrogen-bond acceptors (Lipinski definition) is 3. The van der Waals surface area contributed by atoms with Gasteiger partial charge in [0, 0.05) is 24.2 Å². The monoisotopic (exact) mass is 369 g/mol. The molecule has 2 saturated heterocycles. The number of nitrogens with one attached hydrogen (secondary N) is 2. The Kier molecular flexibility index (Phi) is 6.14. The average molecular weight is 370 g/mol. The average Bonchev–Trinajstić information content (AvgIpc) is 3.29. The van der Waals surface area contributed by atoms with Crippen LogP contribution in [-0.2, 0) is 0 Å². The first-order valence-electron chi connectivity index (χ1n) is 11.1. The van der Waals surface area contributed by atoms with Gasteiger partial charge in [-0.3, -0.25) is 9.69 Å². The van der Waals surface area contributed by atoms with Crippen molar-refractivity contribution in [3.63, 3.8) is 0 Å². The molecule has 1 aromatic rings. The Morgan fingerprint density at radius 1 is 1.11 bits per heavy atom. The zero-order chi connectivity index (χ0) is 18.5. The van der Waals surface area contributed by atoms with Crippen LogP contribution in [0.5, 0.6) is 0 Å². The van der Waals surface area contributed by atoms with Crippen molar-refractivity contribution in [1.29, 1.82) is 0 Å². The lowest BCUT2D eigenvalue weighted by Crippen LogP contribution is -2.55. The molecule has 0 bridgehead atoms. The highest BCUT2D eigenvalue weighted by atomic mass is 16.1. The van der Waals surface area contributed by atoms with Crippen molar-refractivity contribution in [2.24, 2.45) is 0 Å². The van der Waals surface area contributed by atoms with Crippen molar-refractivity contribution in [3.05, 3.63) is 35.4 Å². The van der Waals surface area contributed by atoms with Gasteiger partial charge in [0.2, 0.25) is 0 Å². The standard InChI is InChI=1S/C23H35N3O/c27-22(20-9-6-8-19(16-20)21-10-7-13-24-17-21)25-18-23(11-2-1-3-12-23)26-14-4-5-15-26/h6,8-9,16,21,24H,1-5,7,10-15,17-18H2,(H,25,27)/t21-/m1/s1. The van der Waals surface area contributed by atoms with Crippen LogP contribution in [-0.4, -0.2) is 49.1 Å². The van der Waals surface area contributed by atoms with Crippen LogP contribution < -0.4 is 10.6 Å². The van der Waals surface area contributed by atoms with Crippen LogP contribution in [0.2, 0.25) is 0 Å². The fourth-order valence-electron chi connectivity index (χ4n) is 5.42. The van der Waals surface area contributed by atoms with Crippen molar-refractivity contribution in [2.45, 2.75) is 69.2 Å². The maximum Gasteiger partial charge on any atom is 0.251 e. The highest BCUT2D eigenvalue weighted by molar-refractivity contribution is 5.94. The SMILES string of the molecule is O=C(NCC1(N2CCCC2)CCCCC1)c1cccc([C@@H]2CCCNC2)c1. The number of piperidine rings is 1. The van der Waals surface area contributed by atoms with Crippen LogP contribution in [0, 0.1) is 0 Å². The van der Waals surface area contributed by atoms with Gasteiger partial charge in [0.1, 0.15) is 0 Å². The Morgan fingerprint density at radius 2 is 1.93 bits per heavy atom. The van der Waals surface area contributed by atoms with E-state index in [0.29, 0.717) is 5.92 Å². The molecule has 3 aliphatic rings. The summed E-state index contributed by atoms with van der Waals surface area (Å²) in [5, 5.41) is 6.80. The van der Waals surface area contributed by atoms with E-state index in [1.807, 2.05) is 6.07 Å². The first-order chi connectivity index (χ1) is 13.3. The van der Waals surface area contributed by atoms with Crippen molar-refractivity contribution in [1.82, 2.24) is 15.5 Å². The van der Waals surface area contributed by atoms with Crippen LogP contribution in [0.15, 0.2) is 24.3 Å². The molecule has 0 radical (unpaired) electrons. The molecule has 0 spiro atoms. The fourth-order valence-corrected chi connectivity index (χ4v) is 5.42. The van der Waals surface area contributed by atoms with Crippen molar-refractivity contribution in [2.75, 3.05) is 32.7 Å². The Balaban J connectivity index is 1.42. The van der Waals surface area contributed by atoms with Gasteiger partial charge in [0.25, 0.3) is 5.91 Å². The first kappa shape index (κ1) is 18.9. The summed E-state index contributed by atoms with van der Waals surface area (Å²) in [5.74, 6) is 0.644. The molecule has 2 aliphatic heterocycles. The molecule has 0 aromatic heterocycles. The molecule has 0 unspecified atom stereocenters. The second-order valence-corrected chi connectivity index (χ2v) is 8.83. The topological polar surface area (TPSA) is 44.4 Å². The quantitative estimate of drug-likeness (QED) is 0.832. The van der Waals surface area contributed by atoms with Crippen LogP contribution >= 0.6 is 0 Å². The minimum Gasteiger partial charge on any atom is -0.350 e. The van der Waals surface area contributed by atoms with E-state index < -0.39 is 0 Å². The van der Waals surface area contributed by atoms with E-state index in [9.17, 15) is 4.79 Å². The summed E-state index contributed by atoms with van der Waals surface area (Å²) in [6.07, 6.45) is 11.5. The van der Waals surface area contributed by atoms with E-state index in [1.54, 1.807) is 0 Å². The second-order valence-electron chi connectivity index (χ2n) is 8.83. The number of nitrogens with zero attached hydrogens (tertiary/aromatic N) is 1. The summed E-state index contributed by atoms with van der Waals surface area (Å²) in [6.45, 7) is 5.37. The summed E-state index contributed by atoms with van der Waals surface area (Å²) < 4.78 is 0. The molecule has 1 aliphatic carbocycles. The molecule has 1 aromatic carbocycles. The van der Waals surface area contributed by atoms with Crippen LogP contribution in [0.25, 0.3) is 0 Å². The maximum absolute atomic E-state index is 12.9. The van der Waals surface area contributed by atoms with Gasteiger partial charge >= 0.3 is 0 Å². The third kappa shape index (κ3) is 4.38. The molecule has 3 fully saturated rings. The van der Waals surface area contributed by atoms with Gasteiger partial charge in [0.05, 0.1) is 0 Å². The zero-order valence-corrected chi connectivity index (χ0v) is 16.6. The van der Waals surface area contributed by atoms with E-state index in [0.717, 1.165) is 25.2 Å². The molecular weight excluding hydrogens is 334 g/mol. The Bertz CT molecular complexity index is 626. The lowest BCUT2D eigenvalue weighted by atomic mass is 9.80. The molecule has 27 heavy (non-hydrogen) atoms. The molecule has 4 rings (SSSR count). The third-order valence-corrected chi connectivity index (χ3v) is 7.06. The summed E-state index contributed by atoms with van der Waals surface area (Å²) in [5.41, 5.74) is 2.34. The predicted molar refractivity (Wildman–Crippen MR) is 110 cm³/mol. The van der Waals surface area contributed by atoms with Gasteiger partial charge in [-0.15, -0.1) is 0 Å². The highest BCUT2D eigenvalue weighted by Gasteiger charge is 2.39. The number of likely N-dealkylation sites (tertiary alicyclic amines) is 1. The number of rotatable bonds is 5. The van der Waals surface area contributed by atoms with E-state index in [-0.39, 0.29) is 11.4 Å². The number of hydrogen-bond donors (Lipinski definition) is 2. The summed E-state index contributed by atoms with van der Waals surface area (Å²) >= 11 is 0. The van der Waals surface area contributed by atoms with E-state index in [4.69, 9.17) is 0 Å². The van der Waals surface area contributed by atoms with Gasteiger partial charge in [-0.25, -0.2) is 0 Å². The van der Waals surface area contributed by atoms with Crippen molar-refractivity contribution in [3.8, 4) is 0 Å². The lowest BCUT2D eigenvalue weighted by Gasteiger charge is -2.45. The molecule has 1 amide bonds. The van der Waals surface area contributed by atoms with Crippen molar-refractivity contribution >= 4 is 5.91 Å².